The third-order valence-corrected chi connectivity index (χ3v) is 4.12. The highest BCUT2D eigenvalue weighted by atomic mass is 16.4. The van der Waals surface area contributed by atoms with Gasteiger partial charge in [-0.2, -0.15) is 0 Å². The minimum Gasteiger partial charge on any atom is -0.480 e. The van der Waals surface area contributed by atoms with Crippen LogP contribution in [0.5, 0.6) is 0 Å². The van der Waals surface area contributed by atoms with E-state index in [2.05, 4.69) is 25.7 Å². The quantitative estimate of drug-likeness (QED) is 0.755. The first kappa shape index (κ1) is 15.4. The summed E-state index contributed by atoms with van der Waals surface area (Å²) in [5.74, 6) is 0.0714. The van der Waals surface area contributed by atoms with Gasteiger partial charge in [-0.3, -0.25) is 14.6 Å². The highest BCUT2D eigenvalue weighted by Gasteiger charge is 2.24. The third-order valence-electron chi connectivity index (χ3n) is 4.12. The van der Waals surface area contributed by atoms with Crippen LogP contribution in [0.1, 0.15) is 40.0 Å². The summed E-state index contributed by atoms with van der Waals surface area (Å²) < 4.78 is 0. The van der Waals surface area contributed by atoms with E-state index in [4.69, 9.17) is 5.11 Å². The lowest BCUT2D eigenvalue weighted by atomic mass is 9.96. The van der Waals surface area contributed by atoms with Crippen LogP contribution in [0.4, 0.5) is 0 Å². The molecule has 2 atom stereocenters. The summed E-state index contributed by atoms with van der Waals surface area (Å²) in [5, 5.41) is 8.78. The Morgan fingerprint density at radius 3 is 2.22 bits per heavy atom. The summed E-state index contributed by atoms with van der Waals surface area (Å²) >= 11 is 0. The molecule has 0 spiro atoms. The van der Waals surface area contributed by atoms with Gasteiger partial charge < -0.3 is 5.11 Å². The molecule has 4 heteroatoms. The number of piperazine rings is 1. The Morgan fingerprint density at radius 2 is 1.78 bits per heavy atom. The Bertz CT molecular complexity index is 250. The number of carboxylic acid groups (broad SMARTS) is 1. The van der Waals surface area contributed by atoms with E-state index in [1.54, 1.807) is 0 Å². The molecule has 0 aliphatic carbocycles. The molecule has 0 amide bonds. The summed E-state index contributed by atoms with van der Waals surface area (Å²) in [6.45, 7) is 10.8. The molecule has 0 aromatic carbocycles. The molecule has 4 nitrogen and oxygen atoms in total. The molecule has 1 aliphatic heterocycles. The minimum absolute atomic E-state index is 0.190. The van der Waals surface area contributed by atoms with Gasteiger partial charge in [-0.1, -0.05) is 27.2 Å². The molecule has 2 unspecified atom stereocenters. The molecule has 0 saturated carbocycles. The molecule has 18 heavy (non-hydrogen) atoms. The van der Waals surface area contributed by atoms with Gasteiger partial charge in [0.05, 0.1) is 6.54 Å². The van der Waals surface area contributed by atoms with E-state index in [0.29, 0.717) is 6.04 Å². The summed E-state index contributed by atoms with van der Waals surface area (Å²) in [7, 11) is 0. The first-order chi connectivity index (χ1) is 8.56. The molecular weight excluding hydrogens is 228 g/mol. The highest BCUT2D eigenvalue weighted by Crippen LogP contribution is 2.18. The van der Waals surface area contributed by atoms with E-state index >= 15 is 0 Å². The SMILES string of the molecule is CCC(C)CC(CC)N1CCN(CC(=O)O)CC1. The average molecular weight is 256 g/mol. The minimum atomic E-state index is -0.713. The average Bonchev–Trinajstić information content (AvgIpc) is 2.36. The zero-order valence-electron chi connectivity index (χ0n) is 12.1. The molecule has 106 valence electrons. The molecule has 1 rings (SSSR count). The molecule has 1 N–H and O–H groups in total. The van der Waals surface area contributed by atoms with Crippen molar-refractivity contribution in [1.82, 2.24) is 9.80 Å². The molecule has 1 saturated heterocycles. The third kappa shape index (κ3) is 4.94. The fourth-order valence-corrected chi connectivity index (χ4v) is 2.68. The van der Waals surface area contributed by atoms with Crippen molar-refractivity contribution < 1.29 is 9.90 Å². The van der Waals surface area contributed by atoms with Crippen molar-refractivity contribution in [3.8, 4) is 0 Å². The van der Waals surface area contributed by atoms with Crippen LogP contribution in [0.3, 0.4) is 0 Å². The van der Waals surface area contributed by atoms with E-state index in [1.807, 2.05) is 4.90 Å². The molecule has 0 bridgehead atoms. The van der Waals surface area contributed by atoms with Crippen LogP contribution in [0.25, 0.3) is 0 Å². The molecule has 0 aromatic rings. The van der Waals surface area contributed by atoms with Gasteiger partial charge in [0.25, 0.3) is 0 Å². The number of hydrogen-bond donors (Lipinski definition) is 1. The second-order valence-electron chi connectivity index (χ2n) is 5.52. The van der Waals surface area contributed by atoms with Gasteiger partial charge in [-0.25, -0.2) is 0 Å². The normalized spacial score (nSPS) is 21.7. The highest BCUT2D eigenvalue weighted by molar-refractivity contribution is 5.69. The summed E-state index contributed by atoms with van der Waals surface area (Å²) in [6, 6.07) is 0.673. The largest absolute Gasteiger partial charge is 0.480 e. The number of nitrogens with zero attached hydrogens (tertiary/aromatic N) is 2. The van der Waals surface area contributed by atoms with Gasteiger partial charge in [0.15, 0.2) is 0 Å². The number of rotatable bonds is 7. The van der Waals surface area contributed by atoms with Crippen molar-refractivity contribution >= 4 is 5.97 Å². The molecule has 0 radical (unpaired) electrons. The zero-order chi connectivity index (χ0) is 13.5. The van der Waals surface area contributed by atoms with Crippen LogP contribution in [0.15, 0.2) is 0 Å². The first-order valence-corrected chi connectivity index (χ1v) is 7.25. The van der Waals surface area contributed by atoms with Gasteiger partial charge >= 0.3 is 5.97 Å². The topological polar surface area (TPSA) is 43.8 Å². The Morgan fingerprint density at radius 1 is 1.17 bits per heavy atom. The van der Waals surface area contributed by atoms with E-state index in [1.165, 1.54) is 19.3 Å². The maximum atomic E-state index is 10.7. The predicted molar refractivity (Wildman–Crippen MR) is 73.8 cm³/mol. The van der Waals surface area contributed by atoms with Crippen LogP contribution in [0.2, 0.25) is 0 Å². The van der Waals surface area contributed by atoms with Crippen LogP contribution < -0.4 is 0 Å². The van der Waals surface area contributed by atoms with Gasteiger partial charge in [0, 0.05) is 32.2 Å². The maximum Gasteiger partial charge on any atom is 0.317 e. The van der Waals surface area contributed by atoms with Gasteiger partial charge in [-0.05, 0) is 18.8 Å². The molecule has 1 fully saturated rings. The fourth-order valence-electron chi connectivity index (χ4n) is 2.68. The molecular formula is C14H28N2O2. The van der Waals surface area contributed by atoms with E-state index in [-0.39, 0.29) is 6.54 Å². The van der Waals surface area contributed by atoms with E-state index in [9.17, 15) is 4.79 Å². The Balaban J connectivity index is 2.37. The first-order valence-electron chi connectivity index (χ1n) is 7.25. The van der Waals surface area contributed by atoms with Crippen LogP contribution in [-0.2, 0) is 4.79 Å². The van der Waals surface area contributed by atoms with E-state index in [0.717, 1.165) is 32.1 Å². The molecule has 1 heterocycles. The predicted octanol–water partition coefficient (Wildman–Crippen LogP) is 1.90. The smallest absolute Gasteiger partial charge is 0.317 e. The van der Waals surface area contributed by atoms with Crippen molar-refractivity contribution in [2.75, 3.05) is 32.7 Å². The second kappa shape index (κ2) is 7.74. The Labute approximate surface area is 111 Å². The van der Waals surface area contributed by atoms with Crippen molar-refractivity contribution in [2.24, 2.45) is 5.92 Å². The summed E-state index contributed by atoms with van der Waals surface area (Å²) in [5.41, 5.74) is 0. The monoisotopic (exact) mass is 256 g/mol. The van der Waals surface area contributed by atoms with Gasteiger partial charge in [0.1, 0.15) is 0 Å². The molecule has 1 aliphatic rings. The number of carbonyl (C=O) groups is 1. The zero-order valence-corrected chi connectivity index (χ0v) is 12.1. The molecule has 0 aromatic heterocycles. The fraction of sp³-hybridized carbons (Fsp3) is 0.929. The number of carboxylic acids is 1. The van der Waals surface area contributed by atoms with E-state index < -0.39 is 5.97 Å². The summed E-state index contributed by atoms with van der Waals surface area (Å²) in [4.78, 5) is 15.3. The lowest BCUT2D eigenvalue weighted by Gasteiger charge is -2.39. The lowest BCUT2D eigenvalue weighted by molar-refractivity contribution is -0.138. The standard InChI is InChI=1S/C14H28N2O2/c1-4-12(3)10-13(5-2)16-8-6-15(7-9-16)11-14(17)18/h12-13H,4-11H2,1-3H3,(H,17,18). The second-order valence-corrected chi connectivity index (χ2v) is 5.52. The van der Waals surface area contributed by atoms with Gasteiger partial charge in [-0.15, -0.1) is 0 Å². The lowest BCUT2D eigenvalue weighted by Crippen LogP contribution is -2.51. The number of aliphatic carboxylic acids is 1. The number of hydrogen-bond acceptors (Lipinski definition) is 3. The van der Waals surface area contributed by atoms with Crippen molar-refractivity contribution in [3.63, 3.8) is 0 Å². The van der Waals surface area contributed by atoms with Crippen LogP contribution in [0, 0.1) is 5.92 Å². The maximum absolute atomic E-state index is 10.7. The van der Waals surface area contributed by atoms with Crippen LogP contribution >= 0.6 is 0 Å². The van der Waals surface area contributed by atoms with Crippen LogP contribution in [-0.4, -0.2) is 59.6 Å². The van der Waals surface area contributed by atoms with Gasteiger partial charge in [0.2, 0.25) is 0 Å². The van der Waals surface area contributed by atoms with Crippen molar-refractivity contribution in [2.45, 2.75) is 46.1 Å². The Kier molecular flexibility index (Phi) is 6.65. The van der Waals surface area contributed by atoms with Crippen molar-refractivity contribution in [1.29, 1.82) is 0 Å². The summed E-state index contributed by atoms with van der Waals surface area (Å²) in [6.07, 6.45) is 3.71. The van der Waals surface area contributed by atoms with Crippen molar-refractivity contribution in [3.05, 3.63) is 0 Å². The Hall–Kier alpha value is -0.610.